The van der Waals surface area contributed by atoms with Gasteiger partial charge in [-0.2, -0.15) is 5.10 Å². The van der Waals surface area contributed by atoms with E-state index >= 15 is 0 Å². The van der Waals surface area contributed by atoms with E-state index in [-0.39, 0.29) is 5.91 Å². The maximum atomic E-state index is 12.4. The molecule has 2 aromatic rings. The molecule has 0 spiro atoms. The Balaban J connectivity index is 1.66. The maximum Gasteiger partial charge on any atom is 0.341 e. The smallest absolute Gasteiger partial charge is 0.341 e. The minimum Gasteiger partial charge on any atom is -0.482 e. The largest absolute Gasteiger partial charge is 0.482 e. The highest BCUT2D eigenvalue weighted by Crippen LogP contribution is 2.20. The fourth-order valence-electron chi connectivity index (χ4n) is 2.59. The second kappa shape index (κ2) is 6.51. The highest BCUT2D eigenvalue weighted by Gasteiger charge is 2.19. The zero-order valence-electron chi connectivity index (χ0n) is 12.5. The molecule has 0 saturated heterocycles. The van der Waals surface area contributed by atoms with Crippen LogP contribution in [-0.2, 0) is 17.8 Å². The second-order valence-corrected chi connectivity index (χ2v) is 5.35. The highest BCUT2D eigenvalue weighted by atomic mass is 16.5. The lowest BCUT2D eigenvalue weighted by Crippen LogP contribution is -2.17. The third-order valence-corrected chi connectivity index (χ3v) is 3.70. The fourth-order valence-corrected chi connectivity index (χ4v) is 2.59. The summed E-state index contributed by atoms with van der Waals surface area (Å²) in [6, 6.07) is 6.58. The van der Waals surface area contributed by atoms with Crippen LogP contribution in [0, 0.1) is 0 Å². The molecule has 23 heavy (non-hydrogen) atoms. The van der Waals surface area contributed by atoms with E-state index in [0.29, 0.717) is 17.0 Å². The summed E-state index contributed by atoms with van der Waals surface area (Å²) in [7, 11) is 0. The van der Waals surface area contributed by atoms with Crippen LogP contribution in [-0.4, -0.2) is 33.4 Å². The van der Waals surface area contributed by atoms with Crippen LogP contribution in [0.15, 0.2) is 30.5 Å². The van der Waals surface area contributed by atoms with E-state index in [1.807, 2.05) is 4.68 Å². The number of nitrogens with zero attached hydrogens (tertiary/aromatic N) is 2. The molecule has 1 aliphatic heterocycles. The lowest BCUT2D eigenvalue weighted by Gasteiger charge is -2.14. The van der Waals surface area contributed by atoms with Crippen LogP contribution >= 0.6 is 0 Å². The van der Waals surface area contributed by atoms with Gasteiger partial charge in [0, 0.05) is 12.2 Å². The lowest BCUT2D eigenvalue weighted by atomic mass is 10.1. The average molecular weight is 315 g/mol. The van der Waals surface area contributed by atoms with Crippen molar-refractivity contribution in [2.24, 2.45) is 0 Å². The standard InChI is InChI=1S/C16H17N3O4/c20-15(21)10-23-12-6-4-11(5-7-12)18-16(22)13-9-17-19-8-2-1-3-14(13)19/h4-7,9H,1-3,8,10H2,(H,18,22)(H,20,21). The maximum absolute atomic E-state index is 12.4. The Morgan fingerprint density at radius 1 is 1.26 bits per heavy atom. The summed E-state index contributed by atoms with van der Waals surface area (Å²) in [5, 5.41) is 15.6. The minimum absolute atomic E-state index is 0.188. The molecule has 0 aliphatic carbocycles. The van der Waals surface area contributed by atoms with Crippen LogP contribution in [0.1, 0.15) is 28.9 Å². The molecule has 3 rings (SSSR count). The Kier molecular flexibility index (Phi) is 4.27. The number of aromatic nitrogens is 2. The molecule has 1 amide bonds. The molecule has 7 heteroatoms. The summed E-state index contributed by atoms with van der Waals surface area (Å²) in [5.74, 6) is -0.783. The molecular weight excluding hydrogens is 298 g/mol. The molecule has 2 heterocycles. The lowest BCUT2D eigenvalue weighted by molar-refractivity contribution is -0.139. The van der Waals surface area contributed by atoms with Crippen LogP contribution in [0.4, 0.5) is 5.69 Å². The number of hydrogen-bond acceptors (Lipinski definition) is 4. The molecule has 7 nitrogen and oxygen atoms in total. The normalized spacial score (nSPS) is 13.2. The third-order valence-electron chi connectivity index (χ3n) is 3.70. The molecule has 2 N–H and O–H groups in total. The van der Waals surface area contributed by atoms with E-state index < -0.39 is 12.6 Å². The number of carboxylic acid groups (broad SMARTS) is 1. The van der Waals surface area contributed by atoms with Crippen molar-refractivity contribution < 1.29 is 19.4 Å². The van der Waals surface area contributed by atoms with E-state index in [0.717, 1.165) is 31.5 Å². The Bertz CT molecular complexity index is 721. The Morgan fingerprint density at radius 3 is 2.78 bits per heavy atom. The molecule has 0 atom stereocenters. The van der Waals surface area contributed by atoms with Crippen molar-refractivity contribution in [2.45, 2.75) is 25.8 Å². The fraction of sp³-hybridized carbons (Fsp3) is 0.312. The number of aryl methyl sites for hydroxylation is 1. The van der Waals surface area contributed by atoms with E-state index in [2.05, 4.69) is 10.4 Å². The van der Waals surface area contributed by atoms with Gasteiger partial charge >= 0.3 is 5.97 Å². The number of amides is 1. The number of carbonyl (C=O) groups is 2. The Labute approximate surface area is 132 Å². The van der Waals surface area contributed by atoms with Crippen LogP contribution in [0.5, 0.6) is 5.75 Å². The zero-order chi connectivity index (χ0) is 16.2. The first-order valence-electron chi connectivity index (χ1n) is 7.44. The van der Waals surface area contributed by atoms with Crippen LogP contribution < -0.4 is 10.1 Å². The molecule has 120 valence electrons. The Morgan fingerprint density at radius 2 is 2.04 bits per heavy atom. The van der Waals surface area contributed by atoms with Crippen molar-refractivity contribution in [1.29, 1.82) is 0 Å². The number of carbonyl (C=O) groups excluding carboxylic acids is 1. The van der Waals surface area contributed by atoms with Gasteiger partial charge < -0.3 is 15.2 Å². The molecule has 0 bridgehead atoms. The van der Waals surface area contributed by atoms with Crippen molar-refractivity contribution in [1.82, 2.24) is 9.78 Å². The van der Waals surface area contributed by atoms with E-state index in [4.69, 9.17) is 9.84 Å². The number of fused-ring (bicyclic) bond motifs is 1. The highest BCUT2D eigenvalue weighted by molar-refractivity contribution is 6.05. The summed E-state index contributed by atoms with van der Waals surface area (Å²) < 4.78 is 6.94. The van der Waals surface area contributed by atoms with Crippen LogP contribution in [0.2, 0.25) is 0 Å². The number of hydrogen-bond donors (Lipinski definition) is 2. The van der Waals surface area contributed by atoms with Gasteiger partial charge in [-0.3, -0.25) is 9.48 Å². The molecule has 1 aromatic carbocycles. The molecule has 0 radical (unpaired) electrons. The van der Waals surface area contributed by atoms with Crippen molar-refractivity contribution >= 4 is 17.6 Å². The van der Waals surface area contributed by atoms with Gasteiger partial charge in [0.1, 0.15) is 5.75 Å². The molecule has 0 unspecified atom stereocenters. The summed E-state index contributed by atoms with van der Waals surface area (Å²) in [5.41, 5.74) is 2.21. The van der Waals surface area contributed by atoms with E-state index in [1.54, 1.807) is 30.5 Å². The van der Waals surface area contributed by atoms with E-state index in [1.165, 1.54) is 0 Å². The first-order valence-corrected chi connectivity index (χ1v) is 7.44. The number of aliphatic carboxylic acids is 1. The van der Waals surface area contributed by atoms with Gasteiger partial charge in [0.2, 0.25) is 0 Å². The monoisotopic (exact) mass is 315 g/mol. The Hall–Kier alpha value is -2.83. The minimum atomic E-state index is -1.03. The van der Waals surface area contributed by atoms with Gasteiger partial charge in [0.25, 0.3) is 5.91 Å². The molecule has 0 saturated carbocycles. The van der Waals surface area contributed by atoms with Gasteiger partial charge in [-0.25, -0.2) is 4.79 Å². The summed E-state index contributed by atoms with van der Waals surface area (Å²) in [4.78, 5) is 22.8. The van der Waals surface area contributed by atoms with Gasteiger partial charge in [-0.1, -0.05) is 0 Å². The van der Waals surface area contributed by atoms with Gasteiger partial charge in [0.05, 0.1) is 17.5 Å². The molecule has 1 aliphatic rings. The zero-order valence-corrected chi connectivity index (χ0v) is 12.5. The first-order chi connectivity index (χ1) is 11.1. The average Bonchev–Trinajstić information content (AvgIpc) is 2.98. The second-order valence-electron chi connectivity index (χ2n) is 5.35. The van der Waals surface area contributed by atoms with Gasteiger partial charge in [0.15, 0.2) is 6.61 Å². The van der Waals surface area contributed by atoms with Crippen molar-refractivity contribution in [3.05, 3.63) is 41.7 Å². The van der Waals surface area contributed by atoms with Crippen LogP contribution in [0.25, 0.3) is 0 Å². The van der Waals surface area contributed by atoms with Crippen molar-refractivity contribution in [3.63, 3.8) is 0 Å². The number of anilines is 1. The number of nitrogens with one attached hydrogen (secondary N) is 1. The predicted octanol–water partition coefficient (Wildman–Crippen LogP) is 1.94. The van der Waals surface area contributed by atoms with Gasteiger partial charge in [-0.15, -0.1) is 0 Å². The summed E-state index contributed by atoms with van der Waals surface area (Å²) in [6.07, 6.45) is 4.64. The first kappa shape index (κ1) is 15.1. The van der Waals surface area contributed by atoms with E-state index in [9.17, 15) is 9.59 Å². The quantitative estimate of drug-likeness (QED) is 0.879. The summed E-state index contributed by atoms with van der Waals surface area (Å²) >= 11 is 0. The van der Waals surface area contributed by atoms with Crippen molar-refractivity contribution in [3.8, 4) is 5.75 Å². The van der Waals surface area contributed by atoms with Crippen LogP contribution in [0.3, 0.4) is 0 Å². The number of carboxylic acids is 1. The topological polar surface area (TPSA) is 93.4 Å². The number of rotatable bonds is 5. The predicted molar refractivity (Wildman–Crippen MR) is 82.7 cm³/mol. The third kappa shape index (κ3) is 3.50. The molecule has 0 fully saturated rings. The van der Waals surface area contributed by atoms with Gasteiger partial charge in [-0.05, 0) is 43.5 Å². The SMILES string of the molecule is O=C(O)COc1ccc(NC(=O)c2cnn3c2CCCC3)cc1. The van der Waals surface area contributed by atoms with Crippen molar-refractivity contribution in [2.75, 3.05) is 11.9 Å². The summed E-state index contributed by atoms with van der Waals surface area (Å²) in [6.45, 7) is 0.465. The molecule has 1 aromatic heterocycles. The number of ether oxygens (including phenoxy) is 1. The molecular formula is C16H17N3O4. The number of benzene rings is 1.